The number of rotatable bonds is 8. The zero-order valence-corrected chi connectivity index (χ0v) is 26.6. The zero-order chi connectivity index (χ0) is 31.7. The van der Waals surface area contributed by atoms with Crippen molar-refractivity contribution in [3.8, 4) is 0 Å². The summed E-state index contributed by atoms with van der Waals surface area (Å²) in [6, 6.07) is 0. The molecule has 10 nitrogen and oxygen atoms in total. The van der Waals surface area contributed by atoms with Gasteiger partial charge in [0.2, 0.25) is 0 Å². The molecular formula is C34H34FeN4O6. The molecular weight excluding hydrogens is 616 g/mol. The van der Waals surface area contributed by atoms with Gasteiger partial charge in [-0.25, -0.2) is 0 Å². The van der Waals surface area contributed by atoms with E-state index in [-0.39, 0.29) is 49.4 Å². The summed E-state index contributed by atoms with van der Waals surface area (Å²) in [6.07, 6.45) is 10.9. The van der Waals surface area contributed by atoms with Crippen molar-refractivity contribution < 1.29 is 47.1 Å². The van der Waals surface area contributed by atoms with Crippen molar-refractivity contribution in [2.45, 2.75) is 66.4 Å². The third-order valence-electron chi connectivity index (χ3n) is 8.28. The summed E-state index contributed by atoms with van der Waals surface area (Å²) in [4.78, 5) is 42.6. The van der Waals surface area contributed by atoms with E-state index in [4.69, 9.17) is 19.9 Å². The van der Waals surface area contributed by atoms with Crippen molar-refractivity contribution >= 4 is 48.6 Å². The molecule has 0 unspecified atom stereocenters. The van der Waals surface area contributed by atoms with Crippen LogP contribution in [0.15, 0.2) is 0 Å². The maximum atomic E-state index is 11.6. The van der Waals surface area contributed by atoms with Crippen molar-refractivity contribution in [1.82, 2.24) is 19.9 Å². The minimum absolute atomic E-state index is 0. The van der Waals surface area contributed by atoms with Crippen LogP contribution in [0.1, 0.15) is 82.8 Å². The first-order chi connectivity index (χ1) is 21.1. The van der Waals surface area contributed by atoms with Gasteiger partial charge in [-0.3, -0.25) is 9.59 Å². The van der Waals surface area contributed by atoms with Gasteiger partial charge in [0.25, 0.3) is 0 Å². The molecule has 0 fully saturated rings. The van der Waals surface area contributed by atoms with Gasteiger partial charge in [-0.2, -0.15) is 0 Å². The number of hydrogen-bond donors (Lipinski definition) is 4. The van der Waals surface area contributed by atoms with E-state index in [1.165, 1.54) is 0 Å². The molecule has 0 saturated heterocycles. The molecule has 5 rings (SSSR count). The molecule has 45 heavy (non-hydrogen) atoms. The monoisotopic (exact) mass is 650 g/mol. The molecule has 1 aliphatic rings. The third kappa shape index (κ3) is 6.38. The maximum Gasteiger partial charge on any atom is 4.00 e. The Balaban J connectivity index is 0.00000461. The molecule has 0 saturated carbocycles. The van der Waals surface area contributed by atoms with E-state index >= 15 is 0 Å². The number of carboxylic acids is 2. The number of carbonyl (C=O) groups is 2. The minimum Gasteiger partial charge on any atom is -0.657 e. The molecule has 234 valence electrons. The Morgan fingerprint density at radius 2 is 1.16 bits per heavy atom. The van der Waals surface area contributed by atoms with E-state index in [2.05, 4.69) is 0 Å². The van der Waals surface area contributed by atoms with E-state index in [1.54, 1.807) is 12.2 Å². The molecule has 0 amide bonds. The fourth-order valence-electron chi connectivity index (χ4n) is 5.97. The maximum absolute atomic E-state index is 11.6. The molecule has 8 bridgehead atoms. The first-order valence-corrected chi connectivity index (χ1v) is 14.5. The van der Waals surface area contributed by atoms with Crippen LogP contribution in [-0.4, -0.2) is 32.4 Å². The molecule has 4 aromatic rings. The third-order valence-corrected chi connectivity index (χ3v) is 8.28. The van der Waals surface area contributed by atoms with Gasteiger partial charge in [-0.1, -0.05) is 65.1 Å². The zero-order valence-electron chi connectivity index (χ0n) is 25.5. The van der Waals surface area contributed by atoms with Crippen molar-refractivity contribution in [3.63, 3.8) is 0 Å². The number of carboxylic acid groups (broad SMARTS) is 2. The number of aliphatic hydroxyl groups excluding tert-OH is 2. The van der Waals surface area contributed by atoms with Crippen LogP contribution in [0.4, 0.5) is 0 Å². The van der Waals surface area contributed by atoms with Crippen molar-refractivity contribution in [1.29, 1.82) is 0 Å². The summed E-state index contributed by atoms with van der Waals surface area (Å²) in [5.41, 5.74) is 7.04. The van der Waals surface area contributed by atoms with Gasteiger partial charge in [0.15, 0.2) is 0 Å². The number of nitrogens with zero attached hydrogens (tertiary/aromatic N) is 4. The van der Waals surface area contributed by atoms with Crippen LogP contribution in [-0.2, 0) is 52.5 Å². The quantitative estimate of drug-likeness (QED) is 0.152. The fraction of sp³-hybridized carbons (Fsp3) is 0.294. The summed E-state index contributed by atoms with van der Waals surface area (Å²) in [7, 11) is 0. The van der Waals surface area contributed by atoms with Crippen LogP contribution in [0.2, 0.25) is 0 Å². The molecule has 5 heterocycles. The Kier molecular flexibility index (Phi) is 10.2. The largest absolute Gasteiger partial charge is 4.00 e. The number of fused-ring (bicyclic) bond motifs is 8. The standard InChI is InChI=1S/C34H34N4O6.Fe/c1-5-19-17(3)25-11-28-20(6-2)23(15-39)31(37-28)12-26-18(4)21(7-9-33(41)42)29(36-26)14-30-22(8-10-34(43)44)24(16-40)32(38-30)13-27(19)35-25;/h6,11-15,39-40H,5,7-10,16H2,1-4H3,(H,41,42)(H,43,44);/q-4;+4/b20-6-,23-15-,28-11-,30-14-,31-12-,32-13-;. The van der Waals surface area contributed by atoms with E-state index in [1.807, 2.05) is 45.9 Å². The molecule has 1 aliphatic heterocycles. The number of aliphatic carboxylic acids is 2. The fourth-order valence-corrected chi connectivity index (χ4v) is 5.97. The van der Waals surface area contributed by atoms with Crippen LogP contribution >= 0.6 is 0 Å². The minimum atomic E-state index is -0.977. The first kappa shape index (κ1) is 33.5. The average Bonchev–Trinajstić information content (AvgIpc) is 3.67. The summed E-state index contributed by atoms with van der Waals surface area (Å²) in [5.74, 6) is -1.93. The van der Waals surface area contributed by atoms with Crippen LogP contribution in [0, 0.1) is 13.8 Å². The van der Waals surface area contributed by atoms with E-state index < -0.39 is 11.9 Å². The van der Waals surface area contributed by atoms with E-state index in [9.17, 15) is 30.0 Å². The molecule has 0 aliphatic carbocycles. The molecule has 4 N–H and O–H groups in total. The Hall–Kier alpha value is -4.44. The van der Waals surface area contributed by atoms with Crippen molar-refractivity contribution in [2.24, 2.45) is 0 Å². The molecule has 11 heteroatoms. The van der Waals surface area contributed by atoms with E-state index in [0.29, 0.717) is 72.5 Å². The normalized spacial score (nSPS) is 16.0. The SMILES string of the molecule is C/C=c1c2\[n-]c(\c\1=C/O)=C/c1[n-]c(c(CCC(=O)O)c1C)/C=c1\[n-]/c(c(CO)c1CCC(=O)O)=C\c1[n-]c(c(C)c1CC)/C=2.[Fe+4]. The first-order valence-electron chi connectivity index (χ1n) is 14.5. The van der Waals surface area contributed by atoms with Crippen LogP contribution in [0.5, 0.6) is 0 Å². The summed E-state index contributed by atoms with van der Waals surface area (Å²) >= 11 is 0. The second-order valence-electron chi connectivity index (χ2n) is 10.8. The Morgan fingerprint density at radius 1 is 0.689 bits per heavy atom. The molecule has 4 aromatic heterocycles. The molecule has 0 aromatic carbocycles. The second-order valence-corrected chi connectivity index (χ2v) is 10.8. The topological polar surface area (TPSA) is 171 Å². The van der Waals surface area contributed by atoms with Gasteiger partial charge in [0.05, 0.1) is 12.9 Å². The molecule has 0 spiro atoms. The van der Waals surface area contributed by atoms with Crippen LogP contribution < -0.4 is 51.8 Å². The second kappa shape index (κ2) is 13.7. The Labute approximate surface area is 269 Å². The Morgan fingerprint density at radius 3 is 1.67 bits per heavy atom. The van der Waals surface area contributed by atoms with Gasteiger partial charge >= 0.3 is 29.0 Å². The smallest absolute Gasteiger partial charge is 0.657 e. The Bertz CT molecular complexity index is 2160. The average molecular weight is 651 g/mol. The van der Waals surface area contributed by atoms with Gasteiger partial charge in [-0.15, -0.1) is 44.2 Å². The van der Waals surface area contributed by atoms with Crippen LogP contribution in [0.25, 0.3) is 36.6 Å². The molecule has 0 atom stereocenters. The summed E-state index contributed by atoms with van der Waals surface area (Å²) in [6.45, 7) is 7.41. The summed E-state index contributed by atoms with van der Waals surface area (Å²) in [5, 5.41) is 43.0. The van der Waals surface area contributed by atoms with Crippen molar-refractivity contribution in [3.05, 3.63) is 88.0 Å². The number of aromatic nitrogens is 4. The summed E-state index contributed by atoms with van der Waals surface area (Å²) < 4.78 is 0. The molecule has 0 radical (unpaired) electrons. The van der Waals surface area contributed by atoms with Gasteiger partial charge in [0, 0.05) is 12.8 Å². The van der Waals surface area contributed by atoms with Gasteiger partial charge in [-0.05, 0) is 56.0 Å². The van der Waals surface area contributed by atoms with Crippen molar-refractivity contribution in [2.75, 3.05) is 0 Å². The van der Waals surface area contributed by atoms with Gasteiger partial charge in [0.1, 0.15) is 0 Å². The number of hydrogen-bond acceptors (Lipinski definition) is 4. The predicted molar refractivity (Wildman–Crippen MR) is 165 cm³/mol. The van der Waals surface area contributed by atoms with Crippen LogP contribution in [0.3, 0.4) is 0 Å². The van der Waals surface area contributed by atoms with E-state index in [0.717, 1.165) is 28.2 Å². The predicted octanol–water partition coefficient (Wildman–Crippen LogP) is -1.06. The number of aliphatic hydroxyl groups is 2. The van der Waals surface area contributed by atoms with Gasteiger partial charge < -0.3 is 40.4 Å².